The van der Waals surface area contributed by atoms with Crippen molar-refractivity contribution in [3.63, 3.8) is 0 Å². The highest BCUT2D eigenvalue weighted by Gasteiger charge is 2.24. The first kappa shape index (κ1) is 22.0. The van der Waals surface area contributed by atoms with Crippen molar-refractivity contribution in [1.82, 2.24) is 15.1 Å². The second kappa shape index (κ2) is 10.9. The van der Waals surface area contributed by atoms with E-state index in [0.717, 1.165) is 52.2 Å². The van der Waals surface area contributed by atoms with Gasteiger partial charge in [-0.3, -0.25) is 9.69 Å². The van der Waals surface area contributed by atoms with Crippen LogP contribution in [0, 0.1) is 0 Å². The van der Waals surface area contributed by atoms with Gasteiger partial charge >= 0.3 is 0 Å². The normalized spacial score (nSPS) is 20.5. The minimum atomic E-state index is 0. The van der Waals surface area contributed by atoms with E-state index in [2.05, 4.69) is 45.4 Å². The first-order valence-electron chi connectivity index (χ1n) is 8.73. The van der Waals surface area contributed by atoms with Gasteiger partial charge in [-0.2, -0.15) is 0 Å². The number of carbonyl (C=O) groups excluding carboxylic acids is 1. The molecule has 0 bridgehead atoms. The predicted molar refractivity (Wildman–Crippen MR) is 108 cm³/mol. The standard InChI is InChI=1S/C18H28N4O.2ClH/c1-20(17-7-9-19-15-17)18(23)8-10-21-11-13-22(14-12-21)16-5-3-2-4-6-16;;/h2-6,17,19H,7-15H2,1H3;2*1H. The summed E-state index contributed by atoms with van der Waals surface area (Å²) in [5.41, 5.74) is 1.30. The smallest absolute Gasteiger partial charge is 0.223 e. The van der Waals surface area contributed by atoms with Crippen LogP contribution < -0.4 is 10.2 Å². The van der Waals surface area contributed by atoms with Gasteiger partial charge in [0.05, 0.1) is 0 Å². The average molecular weight is 389 g/mol. The third-order valence-electron chi connectivity index (χ3n) is 5.11. The zero-order chi connectivity index (χ0) is 16.1. The quantitative estimate of drug-likeness (QED) is 0.835. The van der Waals surface area contributed by atoms with E-state index in [1.54, 1.807) is 0 Å². The molecular formula is C18H30Cl2N4O. The summed E-state index contributed by atoms with van der Waals surface area (Å²) in [6, 6.07) is 11.0. The van der Waals surface area contributed by atoms with Gasteiger partial charge in [-0.15, -0.1) is 24.8 Å². The molecule has 0 aliphatic carbocycles. The van der Waals surface area contributed by atoms with Crippen LogP contribution in [0.4, 0.5) is 5.69 Å². The van der Waals surface area contributed by atoms with Crippen LogP contribution in [0.3, 0.4) is 0 Å². The molecular weight excluding hydrogens is 359 g/mol. The fraction of sp³-hybridized carbons (Fsp3) is 0.611. The topological polar surface area (TPSA) is 38.8 Å². The Hall–Kier alpha value is -1.01. The number of hydrogen-bond acceptors (Lipinski definition) is 4. The lowest BCUT2D eigenvalue weighted by molar-refractivity contribution is -0.132. The van der Waals surface area contributed by atoms with Gasteiger partial charge in [0.1, 0.15) is 0 Å². The highest BCUT2D eigenvalue weighted by atomic mass is 35.5. The van der Waals surface area contributed by atoms with E-state index in [9.17, 15) is 4.79 Å². The second-order valence-electron chi connectivity index (χ2n) is 6.57. The summed E-state index contributed by atoms with van der Waals surface area (Å²) in [6.07, 6.45) is 1.72. The number of rotatable bonds is 5. The Morgan fingerprint density at radius 1 is 1.16 bits per heavy atom. The zero-order valence-electron chi connectivity index (χ0n) is 14.9. The van der Waals surface area contributed by atoms with Crippen molar-refractivity contribution >= 4 is 36.4 Å². The number of piperazine rings is 1. The molecule has 1 amide bonds. The van der Waals surface area contributed by atoms with Crippen LogP contribution in [-0.4, -0.2) is 74.6 Å². The summed E-state index contributed by atoms with van der Waals surface area (Å²) in [5, 5.41) is 3.32. The molecule has 5 nitrogen and oxygen atoms in total. The highest BCUT2D eigenvalue weighted by molar-refractivity contribution is 5.85. The molecule has 0 saturated carbocycles. The van der Waals surface area contributed by atoms with Gasteiger partial charge in [0.2, 0.25) is 5.91 Å². The number of nitrogens with zero attached hydrogens (tertiary/aromatic N) is 3. The predicted octanol–water partition coefficient (Wildman–Crippen LogP) is 1.86. The monoisotopic (exact) mass is 388 g/mol. The molecule has 3 rings (SSSR count). The van der Waals surface area contributed by atoms with Crippen molar-refractivity contribution in [1.29, 1.82) is 0 Å². The molecule has 2 aliphatic rings. The van der Waals surface area contributed by atoms with E-state index < -0.39 is 0 Å². The third kappa shape index (κ3) is 6.03. The number of likely N-dealkylation sites (N-methyl/N-ethyl adjacent to an activating group) is 1. The van der Waals surface area contributed by atoms with Crippen molar-refractivity contribution < 1.29 is 4.79 Å². The number of amides is 1. The Kier molecular flexibility index (Phi) is 9.57. The third-order valence-corrected chi connectivity index (χ3v) is 5.11. The molecule has 142 valence electrons. The van der Waals surface area contributed by atoms with Gasteiger partial charge in [-0.1, -0.05) is 18.2 Å². The van der Waals surface area contributed by atoms with Gasteiger partial charge in [0.25, 0.3) is 0 Å². The fourth-order valence-corrected chi connectivity index (χ4v) is 3.47. The highest BCUT2D eigenvalue weighted by Crippen LogP contribution is 2.16. The molecule has 1 N–H and O–H groups in total. The first-order valence-corrected chi connectivity index (χ1v) is 8.73. The maximum absolute atomic E-state index is 12.3. The molecule has 0 radical (unpaired) electrons. The Balaban J connectivity index is 0.00000156. The number of carbonyl (C=O) groups is 1. The van der Waals surface area contributed by atoms with Gasteiger partial charge in [-0.05, 0) is 25.1 Å². The zero-order valence-corrected chi connectivity index (χ0v) is 16.5. The summed E-state index contributed by atoms with van der Waals surface area (Å²) in [7, 11) is 1.95. The van der Waals surface area contributed by atoms with Crippen LogP contribution in [0.25, 0.3) is 0 Å². The van der Waals surface area contributed by atoms with E-state index in [1.807, 2.05) is 11.9 Å². The molecule has 25 heavy (non-hydrogen) atoms. The average Bonchev–Trinajstić information content (AvgIpc) is 3.15. The largest absolute Gasteiger partial charge is 0.369 e. The number of para-hydroxylation sites is 1. The fourth-order valence-electron chi connectivity index (χ4n) is 3.47. The van der Waals surface area contributed by atoms with Crippen LogP contribution >= 0.6 is 24.8 Å². The molecule has 1 aromatic carbocycles. The van der Waals surface area contributed by atoms with Crippen molar-refractivity contribution in [3.8, 4) is 0 Å². The Morgan fingerprint density at radius 3 is 2.44 bits per heavy atom. The van der Waals surface area contributed by atoms with Crippen molar-refractivity contribution in [2.24, 2.45) is 0 Å². The SMILES string of the molecule is CN(C(=O)CCN1CCN(c2ccccc2)CC1)C1CCNC1.Cl.Cl. The van der Waals surface area contributed by atoms with E-state index in [4.69, 9.17) is 0 Å². The summed E-state index contributed by atoms with van der Waals surface area (Å²) in [4.78, 5) is 19.1. The van der Waals surface area contributed by atoms with E-state index in [0.29, 0.717) is 12.5 Å². The number of benzene rings is 1. The van der Waals surface area contributed by atoms with Crippen molar-refractivity contribution in [2.75, 3.05) is 57.8 Å². The van der Waals surface area contributed by atoms with Crippen molar-refractivity contribution in [3.05, 3.63) is 30.3 Å². The minimum Gasteiger partial charge on any atom is -0.369 e. The van der Waals surface area contributed by atoms with Crippen LogP contribution in [0.1, 0.15) is 12.8 Å². The molecule has 0 aromatic heterocycles. The van der Waals surface area contributed by atoms with Crippen molar-refractivity contribution in [2.45, 2.75) is 18.9 Å². The molecule has 2 saturated heterocycles. The van der Waals surface area contributed by atoms with Gasteiger partial charge < -0.3 is 15.1 Å². The number of nitrogens with one attached hydrogen (secondary N) is 1. The van der Waals surface area contributed by atoms with Gasteiger partial charge in [-0.25, -0.2) is 0 Å². The molecule has 0 spiro atoms. The lowest BCUT2D eigenvalue weighted by Crippen LogP contribution is -2.47. The summed E-state index contributed by atoms with van der Waals surface area (Å²) < 4.78 is 0. The second-order valence-corrected chi connectivity index (χ2v) is 6.57. The van der Waals surface area contributed by atoms with Crippen LogP contribution in [0.15, 0.2) is 30.3 Å². The van der Waals surface area contributed by atoms with Crippen LogP contribution in [0.2, 0.25) is 0 Å². The molecule has 7 heteroatoms. The Bertz CT molecular complexity index is 503. The minimum absolute atomic E-state index is 0. The summed E-state index contributed by atoms with van der Waals surface area (Å²) >= 11 is 0. The number of anilines is 1. The summed E-state index contributed by atoms with van der Waals surface area (Å²) in [5.74, 6) is 0.282. The van der Waals surface area contributed by atoms with E-state index in [1.165, 1.54) is 5.69 Å². The Labute approximate surface area is 163 Å². The maximum Gasteiger partial charge on any atom is 0.223 e. The summed E-state index contributed by atoms with van der Waals surface area (Å²) in [6.45, 7) is 7.02. The Morgan fingerprint density at radius 2 is 1.84 bits per heavy atom. The van der Waals surface area contributed by atoms with Gasteiger partial charge in [0.15, 0.2) is 0 Å². The van der Waals surface area contributed by atoms with Crippen LogP contribution in [-0.2, 0) is 4.79 Å². The number of halogens is 2. The maximum atomic E-state index is 12.3. The molecule has 2 aliphatic heterocycles. The molecule has 2 fully saturated rings. The van der Waals surface area contributed by atoms with E-state index in [-0.39, 0.29) is 30.7 Å². The molecule has 2 heterocycles. The van der Waals surface area contributed by atoms with E-state index >= 15 is 0 Å². The molecule has 1 aromatic rings. The molecule has 1 atom stereocenters. The lowest BCUT2D eigenvalue weighted by atomic mass is 10.2. The van der Waals surface area contributed by atoms with Crippen LogP contribution in [0.5, 0.6) is 0 Å². The van der Waals surface area contributed by atoms with Gasteiger partial charge in [0, 0.05) is 64.5 Å². The molecule has 1 unspecified atom stereocenters. The first-order chi connectivity index (χ1) is 11.2. The lowest BCUT2D eigenvalue weighted by Gasteiger charge is -2.36. The number of hydrogen-bond donors (Lipinski definition) is 1.